The first-order valence-electron chi connectivity index (χ1n) is 14.0. The summed E-state index contributed by atoms with van der Waals surface area (Å²) in [5.74, 6) is -3.55. The van der Waals surface area contributed by atoms with Gasteiger partial charge in [0.2, 0.25) is 0 Å². The van der Waals surface area contributed by atoms with Crippen LogP contribution in [0, 0.1) is 0 Å². The monoisotopic (exact) mass is 573 g/mol. The van der Waals surface area contributed by atoms with Gasteiger partial charge in [0.1, 0.15) is 0 Å². The molecule has 0 unspecified atom stereocenters. The minimum Gasteiger partial charge on any atom is -0.381 e. The van der Waals surface area contributed by atoms with Crippen molar-refractivity contribution in [3.05, 3.63) is 96.7 Å². The lowest BCUT2D eigenvalue weighted by atomic mass is 9.93. The van der Waals surface area contributed by atoms with Gasteiger partial charge < -0.3 is 14.6 Å². The quantitative estimate of drug-likeness (QED) is 0.165. The van der Waals surface area contributed by atoms with E-state index in [1.54, 1.807) is 25.6 Å². The number of halogens is 3. The van der Waals surface area contributed by atoms with Crippen LogP contribution in [0.15, 0.2) is 96.3 Å². The summed E-state index contributed by atoms with van der Waals surface area (Å²) in [6.07, 6.45) is 11.8. The highest BCUT2D eigenvalue weighted by Crippen LogP contribution is 2.32. The van der Waals surface area contributed by atoms with Crippen LogP contribution in [0.2, 0.25) is 0 Å². The molecule has 42 heavy (non-hydrogen) atoms. The fourth-order valence-corrected chi connectivity index (χ4v) is 5.20. The van der Waals surface area contributed by atoms with Crippen LogP contribution in [-0.4, -0.2) is 46.4 Å². The molecule has 2 aliphatic carbocycles. The number of hydrogen-bond donors (Lipinski definition) is 1. The zero-order chi connectivity index (χ0) is 29.7. The number of anilines is 2. The third-order valence-electron chi connectivity index (χ3n) is 7.65. The Morgan fingerprint density at radius 1 is 1.14 bits per heavy atom. The molecule has 3 aliphatic rings. The minimum atomic E-state index is -3.55. The molecule has 6 nitrogen and oxygen atoms in total. The van der Waals surface area contributed by atoms with E-state index in [1.807, 2.05) is 53.1 Å². The van der Waals surface area contributed by atoms with Gasteiger partial charge in [0.05, 0.1) is 57.5 Å². The SMILES string of the molecule is C=C/C(=C\C=C(/C)C(F)(F)CF)n1c2cc(=NC3CCC(OC)CC3)c(Nc3cccnc3)cc-2nc2ccccc21. The molecule has 1 fully saturated rings. The number of alkyl halides is 3. The Morgan fingerprint density at radius 3 is 2.62 bits per heavy atom. The molecule has 5 rings (SSSR count). The summed E-state index contributed by atoms with van der Waals surface area (Å²) < 4.78 is 48.5. The molecular weight excluding hydrogens is 539 g/mol. The fraction of sp³-hybridized carbons (Fsp3) is 0.303. The molecule has 218 valence electrons. The smallest absolute Gasteiger partial charge is 0.297 e. The predicted molar refractivity (Wildman–Crippen MR) is 162 cm³/mol. The number of rotatable bonds is 9. The Labute approximate surface area is 243 Å². The van der Waals surface area contributed by atoms with E-state index in [2.05, 4.69) is 16.9 Å². The first-order chi connectivity index (χ1) is 20.3. The summed E-state index contributed by atoms with van der Waals surface area (Å²) in [5, 5.41) is 4.20. The molecule has 0 spiro atoms. The van der Waals surface area contributed by atoms with Crippen LogP contribution in [0.4, 0.5) is 24.5 Å². The highest BCUT2D eigenvalue weighted by atomic mass is 19.3. The van der Waals surface area contributed by atoms with Gasteiger partial charge in [0.25, 0.3) is 5.92 Å². The van der Waals surface area contributed by atoms with Crippen LogP contribution in [-0.2, 0) is 4.74 Å². The Balaban J connectivity index is 1.74. The highest BCUT2D eigenvalue weighted by Gasteiger charge is 2.30. The van der Waals surface area contributed by atoms with Crippen molar-refractivity contribution in [1.29, 1.82) is 0 Å². The topological polar surface area (TPSA) is 64.3 Å². The second kappa shape index (κ2) is 12.7. The van der Waals surface area contributed by atoms with Gasteiger partial charge in [0.15, 0.2) is 6.67 Å². The van der Waals surface area contributed by atoms with Gasteiger partial charge in [-0.2, -0.15) is 8.78 Å². The number of hydrogen-bond acceptors (Lipinski definition) is 5. The number of allylic oxidation sites excluding steroid dienone is 5. The van der Waals surface area contributed by atoms with Crippen LogP contribution in [0.1, 0.15) is 32.6 Å². The van der Waals surface area contributed by atoms with Gasteiger partial charge in [-0.05, 0) is 86.7 Å². The van der Waals surface area contributed by atoms with E-state index in [0.29, 0.717) is 16.9 Å². The third-order valence-corrected chi connectivity index (χ3v) is 7.65. The molecule has 0 bridgehead atoms. The number of para-hydroxylation sites is 2. The molecular formula is C33H34F3N5O. The molecule has 1 saturated carbocycles. The molecule has 2 heterocycles. The second-order valence-corrected chi connectivity index (χ2v) is 10.4. The molecule has 2 aromatic rings. The first-order valence-corrected chi connectivity index (χ1v) is 14.0. The largest absolute Gasteiger partial charge is 0.381 e. The molecule has 1 aromatic carbocycles. The van der Waals surface area contributed by atoms with Crippen LogP contribution < -0.4 is 10.7 Å². The Kier molecular flexibility index (Phi) is 8.87. The van der Waals surface area contributed by atoms with Crippen molar-refractivity contribution >= 4 is 28.1 Å². The maximum atomic E-state index is 14.0. The predicted octanol–water partition coefficient (Wildman–Crippen LogP) is 7.72. The molecule has 1 aromatic heterocycles. The van der Waals surface area contributed by atoms with Crippen molar-refractivity contribution in [2.45, 2.75) is 50.7 Å². The van der Waals surface area contributed by atoms with E-state index in [0.717, 1.165) is 53.6 Å². The molecule has 1 N–H and O–H groups in total. The highest BCUT2D eigenvalue weighted by molar-refractivity contribution is 5.87. The number of ether oxygens (including phenoxy) is 1. The Morgan fingerprint density at radius 2 is 1.93 bits per heavy atom. The second-order valence-electron chi connectivity index (χ2n) is 10.4. The maximum absolute atomic E-state index is 14.0. The number of pyridine rings is 1. The molecule has 0 radical (unpaired) electrons. The van der Waals surface area contributed by atoms with Gasteiger partial charge in [0, 0.05) is 19.0 Å². The van der Waals surface area contributed by atoms with Gasteiger partial charge in [-0.3, -0.25) is 9.98 Å². The van der Waals surface area contributed by atoms with Crippen LogP contribution in [0.5, 0.6) is 0 Å². The molecule has 0 amide bonds. The molecule has 0 saturated heterocycles. The number of benzene rings is 2. The van der Waals surface area contributed by atoms with E-state index in [9.17, 15) is 13.2 Å². The lowest BCUT2D eigenvalue weighted by Gasteiger charge is -2.25. The van der Waals surface area contributed by atoms with Crippen molar-refractivity contribution in [3.8, 4) is 11.4 Å². The molecule has 1 aliphatic heterocycles. The summed E-state index contributed by atoms with van der Waals surface area (Å²) in [4.78, 5) is 14.3. The van der Waals surface area contributed by atoms with Gasteiger partial charge in [-0.15, -0.1) is 0 Å². The third kappa shape index (κ3) is 6.31. The maximum Gasteiger partial charge on any atom is 0.297 e. The summed E-state index contributed by atoms with van der Waals surface area (Å²) in [6.45, 7) is 3.42. The van der Waals surface area contributed by atoms with Crippen molar-refractivity contribution in [3.63, 3.8) is 0 Å². The summed E-state index contributed by atoms with van der Waals surface area (Å²) >= 11 is 0. The van der Waals surface area contributed by atoms with Crippen molar-refractivity contribution < 1.29 is 17.9 Å². The van der Waals surface area contributed by atoms with Crippen molar-refractivity contribution in [1.82, 2.24) is 14.5 Å². The zero-order valence-electron chi connectivity index (χ0n) is 23.7. The average Bonchev–Trinajstić information content (AvgIpc) is 3.02. The molecule has 9 heteroatoms. The average molecular weight is 574 g/mol. The minimum absolute atomic E-state index is 0.119. The van der Waals surface area contributed by atoms with Crippen LogP contribution in [0.25, 0.3) is 28.1 Å². The number of nitrogens with zero attached hydrogens (tertiary/aromatic N) is 4. The van der Waals surface area contributed by atoms with E-state index in [1.165, 1.54) is 19.1 Å². The van der Waals surface area contributed by atoms with Crippen LogP contribution in [0.3, 0.4) is 0 Å². The van der Waals surface area contributed by atoms with E-state index in [4.69, 9.17) is 14.7 Å². The standard InChI is InChI=1S/C33H34F3N5O/c1-4-25(14-11-22(2)33(35,36)21-34)41-31-10-6-5-9-27(31)40-30-18-28(39-24-8-7-17-37-20-24)29(19-32(30)41)38-23-12-15-26(42-3)16-13-23/h4-11,14,17-20,23,26,39H,1,12-13,15-16,21H2,2-3H3/b22-11+,25-14+,38-29?. The number of nitrogens with one attached hydrogen (secondary N) is 1. The van der Waals surface area contributed by atoms with E-state index < -0.39 is 12.6 Å². The lowest BCUT2D eigenvalue weighted by Crippen LogP contribution is -2.25. The molecule has 0 atom stereocenters. The number of methoxy groups -OCH3 is 1. The lowest BCUT2D eigenvalue weighted by molar-refractivity contribution is 0.0154. The number of fused-ring (bicyclic) bond motifs is 2. The van der Waals surface area contributed by atoms with Gasteiger partial charge in [-0.1, -0.05) is 24.8 Å². The normalized spacial score (nSPS) is 18.9. The number of aromatic nitrogens is 3. The Hall–Kier alpha value is -4.24. The Bertz CT molecular complexity index is 1650. The van der Waals surface area contributed by atoms with Crippen LogP contribution >= 0.6 is 0 Å². The van der Waals surface area contributed by atoms with Gasteiger partial charge in [-0.25, -0.2) is 9.37 Å². The summed E-state index contributed by atoms with van der Waals surface area (Å²) in [6, 6.07) is 15.4. The summed E-state index contributed by atoms with van der Waals surface area (Å²) in [5.41, 5.74) is 4.62. The van der Waals surface area contributed by atoms with E-state index in [-0.39, 0.29) is 17.7 Å². The fourth-order valence-electron chi connectivity index (χ4n) is 5.20. The van der Waals surface area contributed by atoms with Gasteiger partial charge >= 0.3 is 0 Å². The zero-order valence-corrected chi connectivity index (χ0v) is 23.7. The van der Waals surface area contributed by atoms with E-state index >= 15 is 0 Å². The summed E-state index contributed by atoms with van der Waals surface area (Å²) in [7, 11) is 1.75. The van der Waals surface area contributed by atoms with Crippen molar-refractivity contribution in [2.75, 3.05) is 19.1 Å². The van der Waals surface area contributed by atoms with Crippen molar-refractivity contribution in [2.24, 2.45) is 4.99 Å². The first kappa shape index (κ1) is 29.3.